The van der Waals surface area contributed by atoms with Crippen LogP contribution in [-0.4, -0.2) is 33.5 Å². The number of benzene rings is 1. The van der Waals surface area contributed by atoms with Gasteiger partial charge in [0.15, 0.2) is 9.84 Å². The Morgan fingerprint density at radius 3 is 2.30 bits per heavy atom. The van der Waals surface area contributed by atoms with E-state index in [1.54, 1.807) is 0 Å². The normalized spacial score (nSPS) is 11.8. The summed E-state index contributed by atoms with van der Waals surface area (Å²) in [6.45, 7) is -2.22. The minimum atomic E-state index is -5.04. The third-order valence-corrected chi connectivity index (χ3v) is 4.37. The Bertz CT molecular complexity index is 546. The van der Waals surface area contributed by atoms with Gasteiger partial charge in [-0.1, -0.05) is 18.6 Å². The van der Waals surface area contributed by atoms with E-state index >= 15 is 0 Å². The molecule has 0 spiro atoms. The largest absolute Gasteiger partial charge is 1.00 e. The van der Waals surface area contributed by atoms with E-state index in [2.05, 4.69) is 0 Å². The molecule has 0 N–H and O–H groups in total. The molecule has 0 aliphatic rings. The van der Waals surface area contributed by atoms with Gasteiger partial charge in [0.1, 0.15) is 12.4 Å². The predicted octanol–water partition coefficient (Wildman–Crippen LogP) is -1.13. The molecule has 20 heavy (non-hydrogen) atoms. The monoisotopic (exact) mass is 334 g/mol. The van der Waals surface area contributed by atoms with Gasteiger partial charge in [0.05, 0.1) is 5.75 Å². The third-order valence-electron chi connectivity index (χ3n) is 2.70. The second kappa shape index (κ2) is 8.19. The van der Waals surface area contributed by atoms with Crippen molar-refractivity contribution in [2.24, 2.45) is 0 Å². The van der Waals surface area contributed by atoms with Crippen molar-refractivity contribution in [1.82, 2.24) is 0 Å². The van der Waals surface area contributed by atoms with Crippen molar-refractivity contribution < 1.29 is 77.5 Å². The molecule has 0 atom stereocenters. The van der Waals surface area contributed by atoms with Crippen LogP contribution in [0.4, 0.5) is 12.9 Å². The van der Waals surface area contributed by atoms with E-state index < -0.39 is 22.3 Å². The molecule has 0 saturated heterocycles. The Morgan fingerprint density at radius 2 is 1.85 bits per heavy atom. The standard InChI is InChI=1S/C11H15BF3O3S.K/c1-3-19(16,17)7-6-18-10-4-5-11(9(2)8-10)12(13,14)15;/h4-5,8H,3,6-7H2,1-2H3;/q-1;+1. The summed E-state index contributed by atoms with van der Waals surface area (Å²) in [5.74, 6) is 0.117. The maximum Gasteiger partial charge on any atom is 1.00 e. The topological polar surface area (TPSA) is 43.4 Å². The van der Waals surface area contributed by atoms with Crippen molar-refractivity contribution >= 4 is 22.3 Å². The summed E-state index contributed by atoms with van der Waals surface area (Å²) in [5.41, 5.74) is -0.586. The molecule has 0 saturated carbocycles. The van der Waals surface area contributed by atoms with Gasteiger partial charge in [0.2, 0.25) is 0 Å². The Balaban J connectivity index is 0.00000361. The fourth-order valence-electron chi connectivity index (χ4n) is 1.54. The first-order valence-corrected chi connectivity index (χ1v) is 7.61. The molecule has 9 heteroatoms. The van der Waals surface area contributed by atoms with Crippen LogP contribution in [0, 0.1) is 6.92 Å². The second-order valence-corrected chi connectivity index (χ2v) is 6.65. The number of halogens is 3. The quantitative estimate of drug-likeness (QED) is 0.619. The summed E-state index contributed by atoms with van der Waals surface area (Å²) in [6.07, 6.45) is 0. The van der Waals surface area contributed by atoms with Gasteiger partial charge in [-0.2, -0.15) is 0 Å². The Morgan fingerprint density at radius 1 is 1.25 bits per heavy atom. The van der Waals surface area contributed by atoms with Crippen LogP contribution in [0.3, 0.4) is 0 Å². The maximum absolute atomic E-state index is 12.6. The number of aryl methyl sites for hydroxylation is 1. The van der Waals surface area contributed by atoms with Crippen LogP contribution in [-0.2, 0) is 9.84 Å². The van der Waals surface area contributed by atoms with E-state index in [1.165, 1.54) is 26.0 Å². The summed E-state index contributed by atoms with van der Waals surface area (Å²) >= 11 is 0. The van der Waals surface area contributed by atoms with Crippen LogP contribution >= 0.6 is 0 Å². The average molecular weight is 334 g/mol. The van der Waals surface area contributed by atoms with Crippen LogP contribution < -0.4 is 61.6 Å². The molecule has 0 aliphatic heterocycles. The van der Waals surface area contributed by atoms with Crippen LogP contribution in [0.1, 0.15) is 12.5 Å². The molecule has 3 nitrogen and oxygen atoms in total. The summed E-state index contributed by atoms with van der Waals surface area (Å²) in [5, 5.41) is 0. The molecule has 0 amide bonds. The van der Waals surface area contributed by atoms with E-state index in [1.807, 2.05) is 0 Å². The van der Waals surface area contributed by atoms with Gasteiger partial charge in [-0.05, 0) is 19.1 Å². The molecule has 0 bridgehead atoms. The van der Waals surface area contributed by atoms with Crippen molar-refractivity contribution in [3.05, 3.63) is 23.8 Å². The van der Waals surface area contributed by atoms with E-state index in [9.17, 15) is 21.4 Å². The van der Waals surface area contributed by atoms with Crippen molar-refractivity contribution in [3.63, 3.8) is 0 Å². The minimum absolute atomic E-state index is 0. The first kappa shape index (κ1) is 20.5. The average Bonchev–Trinajstić information content (AvgIpc) is 2.27. The molecule has 0 fully saturated rings. The molecule has 1 aromatic carbocycles. The zero-order valence-electron chi connectivity index (χ0n) is 11.7. The van der Waals surface area contributed by atoms with Crippen molar-refractivity contribution in [2.45, 2.75) is 13.8 Å². The number of sulfone groups is 1. The SMILES string of the molecule is CCS(=O)(=O)CCOc1ccc([B-](F)(F)F)c(C)c1.[K+]. The zero-order valence-corrected chi connectivity index (χ0v) is 15.6. The van der Waals surface area contributed by atoms with Gasteiger partial charge in [0, 0.05) is 5.75 Å². The molecular weight excluding hydrogens is 319 g/mol. The number of rotatable bonds is 6. The van der Waals surface area contributed by atoms with Crippen LogP contribution in [0.2, 0.25) is 0 Å². The van der Waals surface area contributed by atoms with E-state index in [0.717, 1.165) is 6.07 Å². The fourth-order valence-corrected chi connectivity index (χ4v) is 2.16. The molecule has 1 aromatic rings. The van der Waals surface area contributed by atoms with Crippen molar-refractivity contribution in [2.75, 3.05) is 18.1 Å². The van der Waals surface area contributed by atoms with E-state index in [4.69, 9.17) is 4.74 Å². The van der Waals surface area contributed by atoms with Gasteiger partial charge in [-0.3, -0.25) is 0 Å². The first-order chi connectivity index (χ1) is 8.65. The minimum Gasteiger partial charge on any atom is -0.493 e. The Labute approximate surface area is 159 Å². The molecule has 108 valence electrons. The second-order valence-electron chi connectivity index (χ2n) is 4.18. The smallest absolute Gasteiger partial charge is 0.493 e. The number of ether oxygens (including phenoxy) is 1. The predicted molar refractivity (Wildman–Crippen MR) is 69.7 cm³/mol. The molecule has 0 aliphatic carbocycles. The van der Waals surface area contributed by atoms with Gasteiger partial charge in [-0.15, -0.1) is 5.46 Å². The fraction of sp³-hybridized carbons (Fsp3) is 0.455. The van der Waals surface area contributed by atoms with E-state index in [0.29, 0.717) is 0 Å². The van der Waals surface area contributed by atoms with E-state index in [-0.39, 0.29) is 80.8 Å². The van der Waals surface area contributed by atoms with Crippen molar-refractivity contribution in [3.8, 4) is 5.75 Å². The van der Waals surface area contributed by atoms with Crippen LogP contribution in [0.25, 0.3) is 0 Å². The third kappa shape index (κ3) is 6.49. The summed E-state index contributed by atoms with van der Waals surface area (Å²) in [7, 11) is -3.13. The van der Waals surface area contributed by atoms with Crippen LogP contribution in [0.15, 0.2) is 18.2 Å². The van der Waals surface area contributed by atoms with Crippen LogP contribution in [0.5, 0.6) is 5.75 Å². The molecule has 0 heterocycles. The van der Waals surface area contributed by atoms with Crippen molar-refractivity contribution in [1.29, 1.82) is 0 Å². The van der Waals surface area contributed by atoms with Gasteiger partial charge >= 0.3 is 58.4 Å². The summed E-state index contributed by atoms with van der Waals surface area (Å²) in [6, 6.07) is 3.43. The Hall–Kier alpha value is 0.461. The number of hydrogen-bond acceptors (Lipinski definition) is 3. The van der Waals surface area contributed by atoms with Gasteiger partial charge in [-0.25, -0.2) is 8.42 Å². The van der Waals surface area contributed by atoms with Gasteiger partial charge in [0.25, 0.3) is 0 Å². The molecule has 0 radical (unpaired) electrons. The summed E-state index contributed by atoms with van der Waals surface area (Å²) in [4.78, 5) is 0. The summed E-state index contributed by atoms with van der Waals surface area (Å²) < 4.78 is 65.3. The molecular formula is C11H15BF3KO3S. The molecule has 1 rings (SSSR count). The Kier molecular flexibility index (Phi) is 8.38. The molecule has 0 aromatic heterocycles. The molecule has 0 unspecified atom stereocenters. The van der Waals surface area contributed by atoms with Gasteiger partial charge < -0.3 is 17.7 Å². The number of hydrogen-bond donors (Lipinski definition) is 0. The maximum atomic E-state index is 12.6. The zero-order chi connectivity index (χ0) is 14.7. The first-order valence-electron chi connectivity index (χ1n) is 5.79.